The molecule has 1 amide bonds. The summed E-state index contributed by atoms with van der Waals surface area (Å²) < 4.78 is 5.11. The second kappa shape index (κ2) is 5.87. The Kier molecular flexibility index (Phi) is 4.20. The van der Waals surface area contributed by atoms with Gasteiger partial charge in [0.05, 0.1) is 13.2 Å². The van der Waals surface area contributed by atoms with E-state index in [1.54, 1.807) is 12.0 Å². The molecular formula is C14H20N2O2. The Morgan fingerprint density at radius 2 is 2.17 bits per heavy atom. The number of amides is 1. The van der Waals surface area contributed by atoms with Crippen LogP contribution in [0.4, 0.5) is 0 Å². The highest BCUT2D eigenvalue weighted by molar-refractivity contribution is 5.81. The van der Waals surface area contributed by atoms with Gasteiger partial charge in [-0.1, -0.05) is 12.1 Å². The number of likely N-dealkylation sites (N-methyl/N-ethyl adjacent to an activating group) is 1. The summed E-state index contributed by atoms with van der Waals surface area (Å²) in [5.74, 6) is 1.02. The molecule has 1 aliphatic heterocycles. The van der Waals surface area contributed by atoms with Crippen LogP contribution in [0.1, 0.15) is 18.4 Å². The monoisotopic (exact) mass is 248 g/mol. The summed E-state index contributed by atoms with van der Waals surface area (Å²) in [6, 6.07) is 7.83. The SMILES string of the molecule is COc1ccc(CN(C)C(=O)[C@@H]2CCCN2)cc1. The summed E-state index contributed by atoms with van der Waals surface area (Å²) in [6.07, 6.45) is 2.04. The molecule has 0 radical (unpaired) electrons. The average Bonchev–Trinajstić information content (AvgIpc) is 2.92. The van der Waals surface area contributed by atoms with Crippen LogP contribution in [0.2, 0.25) is 0 Å². The second-order valence-corrected chi connectivity index (χ2v) is 4.69. The maximum absolute atomic E-state index is 12.1. The van der Waals surface area contributed by atoms with Crippen molar-refractivity contribution in [3.63, 3.8) is 0 Å². The van der Waals surface area contributed by atoms with E-state index in [0.29, 0.717) is 6.54 Å². The highest BCUT2D eigenvalue weighted by Crippen LogP contribution is 2.14. The fourth-order valence-corrected chi connectivity index (χ4v) is 2.24. The lowest BCUT2D eigenvalue weighted by Gasteiger charge is -2.21. The summed E-state index contributed by atoms with van der Waals surface area (Å²) in [5, 5.41) is 3.23. The molecule has 1 N–H and O–H groups in total. The summed E-state index contributed by atoms with van der Waals surface area (Å²) in [4.78, 5) is 13.9. The molecule has 4 heteroatoms. The van der Waals surface area contributed by atoms with Crippen LogP contribution in [0.3, 0.4) is 0 Å². The van der Waals surface area contributed by atoms with Crippen LogP contribution in [0.15, 0.2) is 24.3 Å². The number of ether oxygens (including phenoxy) is 1. The van der Waals surface area contributed by atoms with Gasteiger partial charge in [0.25, 0.3) is 0 Å². The predicted octanol–water partition coefficient (Wildman–Crippen LogP) is 1.41. The lowest BCUT2D eigenvalue weighted by molar-refractivity contribution is -0.132. The van der Waals surface area contributed by atoms with Crippen molar-refractivity contribution in [3.05, 3.63) is 29.8 Å². The van der Waals surface area contributed by atoms with E-state index in [1.165, 1.54) is 0 Å². The zero-order valence-corrected chi connectivity index (χ0v) is 11.0. The van der Waals surface area contributed by atoms with Crippen molar-refractivity contribution in [1.82, 2.24) is 10.2 Å². The lowest BCUT2D eigenvalue weighted by atomic mass is 10.1. The highest BCUT2D eigenvalue weighted by atomic mass is 16.5. The van der Waals surface area contributed by atoms with Gasteiger partial charge < -0.3 is 15.0 Å². The molecule has 1 aromatic carbocycles. The fourth-order valence-electron chi connectivity index (χ4n) is 2.24. The number of carbonyl (C=O) groups is 1. The molecule has 0 aromatic heterocycles. The Bertz CT molecular complexity index is 397. The van der Waals surface area contributed by atoms with E-state index in [2.05, 4.69) is 5.32 Å². The number of hydrogen-bond acceptors (Lipinski definition) is 3. The van der Waals surface area contributed by atoms with Gasteiger partial charge in [0, 0.05) is 13.6 Å². The number of hydrogen-bond donors (Lipinski definition) is 1. The third-order valence-corrected chi connectivity index (χ3v) is 3.31. The second-order valence-electron chi connectivity index (χ2n) is 4.69. The van der Waals surface area contributed by atoms with E-state index >= 15 is 0 Å². The molecule has 1 aliphatic rings. The number of nitrogens with zero attached hydrogens (tertiary/aromatic N) is 1. The Morgan fingerprint density at radius 1 is 1.44 bits per heavy atom. The van der Waals surface area contributed by atoms with Crippen molar-refractivity contribution in [3.8, 4) is 5.75 Å². The first-order valence-corrected chi connectivity index (χ1v) is 6.32. The summed E-state index contributed by atoms with van der Waals surface area (Å²) in [7, 11) is 3.50. The van der Waals surface area contributed by atoms with Crippen LogP contribution < -0.4 is 10.1 Å². The molecule has 0 bridgehead atoms. The molecule has 1 saturated heterocycles. The van der Waals surface area contributed by atoms with Gasteiger partial charge in [-0.2, -0.15) is 0 Å². The molecule has 18 heavy (non-hydrogen) atoms. The van der Waals surface area contributed by atoms with E-state index in [1.807, 2.05) is 31.3 Å². The largest absolute Gasteiger partial charge is 0.497 e. The van der Waals surface area contributed by atoms with E-state index in [4.69, 9.17) is 4.74 Å². The topological polar surface area (TPSA) is 41.6 Å². The Labute approximate surface area is 108 Å². The van der Waals surface area contributed by atoms with Gasteiger partial charge in [-0.15, -0.1) is 0 Å². The van der Waals surface area contributed by atoms with Crippen molar-refractivity contribution in [1.29, 1.82) is 0 Å². The number of methoxy groups -OCH3 is 1. The maximum Gasteiger partial charge on any atom is 0.239 e. The van der Waals surface area contributed by atoms with Gasteiger partial charge in [-0.05, 0) is 37.1 Å². The maximum atomic E-state index is 12.1. The van der Waals surface area contributed by atoms with Gasteiger partial charge in [0.1, 0.15) is 5.75 Å². The van der Waals surface area contributed by atoms with Crippen molar-refractivity contribution >= 4 is 5.91 Å². The molecule has 1 fully saturated rings. The third-order valence-electron chi connectivity index (χ3n) is 3.31. The van der Waals surface area contributed by atoms with Crippen LogP contribution in [-0.2, 0) is 11.3 Å². The number of rotatable bonds is 4. The van der Waals surface area contributed by atoms with Gasteiger partial charge in [-0.3, -0.25) is 4.79 Å². The molecule has 0 unspecified atom stereocenters. The summed E-state index contributed by atoms with van der Waals surface area (Å²) in [6.45, 7) is 1.59. The predicted molar refractivity (Wildman–Crippen MR) is 70.5 cm³/mol. The zero-order valence-electron chi connectivity index (χ0n) is 11.0. The first-order chi connectivity index (χ1) is 8.70. The van der Waals surface area contributed by atoms with E-state index in [-0.39, 0.29) is 11.9 Å². The first kappa shape index (κ1) is 12.9. The first-order valence-electron chi connectivity index (χ1n) is 6.32. The smallest absolute Gasteiger partial charge is 0.239 e. The van der Waals surface area contributed by atoms with Gasteiger partial charge in [0.15, 0.2) is 0 Å². The molecule has 0 spiro atoms. The molecule has 1 aromatic rings. The van der Waals surface area contributed by atoms with Crippen LogP contribution in [0.25, 0.3) is 0 Å². The van der Waals surface area contributed by atoms with Crippen LogP contribution in [0.5, 0.6) is 5.75 Å². The zero-order chi connectivity index (χ0) is 13.0. The van der Waals surface area contributed by atoms with Crippen molar-refractivity contribution in [2.45, 2.75) is 25.4 Å². The average molecular weight is 248 g/mol. The third kappa shape index (κ3) is 3.01. The molecule has 0 saturated carbocycles. The van der Waals surface area contributed by atoms with Gasteiger partial charge >= 0.3 is 0 Å². The minimum atomic E-state index is 0.00764. The summed E-state index contributed by atoms with van der Waals surface area (Å²) in [5.41, 5.74) is 1.12. The van der Waals surface area contributed by atoms with E-state index in [9.17, 15) is 4.79 Å². The summed E-state index contributed by atoms with van der Waals surface area (Å²) >= 11 is 0. The molecule has 2 rings (SSSR count). The molecule has 0 aliphatic carbocycles. The van der Waals surface area contributed by atoms with Crippen molar-refractivity contribution < 1.29 is 9.53 Å². The molecule has 4 nitrogen and oxygen atoms in total. The normalized spacial score (nSPS) is 18.7. The van der Waals surface area contributed by atoms with Crippen LogP contribution in [-0.4, -0.2) is 37.6 Å². The lowest BCUT2D eigenvalue weighted by Crippen LogP contribution is -2.41. The van der Waals surface area contributed by atoms with Crippen molar-refractivity contribution in [2.75, 3.05) is 20.7 Å². The van der Waals surface area contributed by atoms with Crippen LogP contribution >= 0.6 is 0 Å². The molecule has 98 valence electrons. The fraction of sp³-hybridized carbons (Fsp3) is 0.500. The van der Waals surface area contributed by atoms with Crippen molar-refractivity contribution in [2.24, 2.45) is 0 Å². The number of carbonyl (C=O) groups excluding carboxylic acids is 1. The standard InChI is InChI=1S/C14H20N2O2/c1-16(14(17)13-4-3-9-15-13)10-11-5-7-12(18-2)8-6-11/h5-8,13,15H,3-4,9-10H2,1-2H3/t13-/m0/s1. The van der Waals surface area contributed by atoms with Gasteiger partial charge in [0.2, 0.25) is 5.91 Å². The Hall–Kier alpha value is -1.55. The highest BCUT2D eigenvalue weighted by Gasteiger charge is 2.24. The number of benzene rings is 1. The molecule has 1 heterocycles. The number of nitrogens with one attached hydrogen (secondary N) is 1. The minimum Gasteiger partial charge on any atom is -0.497 e. The molecule has 1 atom stereocenters. The minimum absolute atomic E-state index is 0.00764. The van der Waals surface area contributed by atoms with Gasteiger partial charge in [-0.25, -0.2) is 0 Å². The Balaban J connectivity index is 1.92. The molecular weight excluding hydrogens is 228 g/mol. The van der Waals surface area contributed by atoms with E-state index < -0.39 is 0 Å². The van der Waals surface area contributed by atoms with E-state index in [0.717, 1.165) is 30.7 Å². The van der Waals surface area contributed by atoms with Crippen LogP contribution in [0, 0.1) is 0 Å². The quantitative estimate of drug-likeness (QED) is 0.876. The Morgan fingerprint density at radius 3 is 2.72 bits per heavy atom.